The molecular weight excluding hydrogens is 420 g/mol. The number of nitrogens with zero attached hydrogens (tertiary/aromatic N) is 2. The first-order valence-corrected chi connectivity index (χ1v) is 14.4. The Labute approximate surface area is 194 Å². The maximum Gasteiger partial charge on any atom is 0.410 e. The van der Waals surface area contributed by atoms with Crippen LogP contribution in [0.1, 0.15) is 72.5 Å². The van der Waals surface area contributed by atoms with E-state index in [2.05, 4.69) is 38.7 Å². The molecule has 0 aliphatic carbocycles. The van der Waals surface area contributed by atoms with Gasteiger partial charge in [0, 0.05) is 37.9 Å². The zero-order chi connectivity index (χ0) is 23.9. The predicted molar refractivity (Wildman–Crippen MR) is 129 cm³/mol. The largest absolute Gasteiger partial charge is 0.487 e. The number of piperidine rings is 1. The lowest BCUT2D eigenvalue weighted by molar-refractivity contribution is -0.0542. The number of hydrogen-bond donors (Lipinski definition) is 0. The maximum atomic E-state index is 12.5. The summed E-state index contributed by atoms with van der Waals surface area (Å²) in [4.78, 5) is 17.9. The van der Waals surface area contributed by atoms with Crippen molar-refractivity contribution < 1.29 is 18.7 Å². The molecule has 7 heteroatoms. The van der Waals surface area contributed by atoms with Crippen molar-refractivity contribution in [2.24, 2.45) is 0 Å². The molecule has 2 heterocycles. The summed E-state index contributed by atoms with van der Waals surface area (Å²) in [5.41, 5.74) is 0.698. The van der Waals surface area contributed by atoms with Gasteiger partial charge in [-0.25, -0.2) is 9.64 Å². The summed E-state index contributed by atoms with van der Waals surface area (Å²) in [7, 11) is -2.04. The van der Waals surface area contributed by atoms with Gasteiger partial charge in [-0.05, 0) is 51.0 Å². The van der Waals surface area contributed by atoms with Crippen LogP contribution in [0.5, 0.6) is 5.75 Å². The number of amides is 1. The Morgan fingerprint density at radius 3 is 2.34 bits per heavy atom. The molecule has 1 unspecified atom stereocenters. The molecular formula is C25H38N2O4Si. The molecule has 0 N–H and O–H groups in total. The van der Waals surface area contributed by atoms with E-state index in [1.54, 1.807) is 4.90 Å². The molecule has 1 aromatic rings. The van der Waals surface area contributed by atoms with Crippen molar-refractivity contribution in [3.8, 4) is 5.75 Å². The van der Waals surface area contributed by atoms with E-state index in [-0.39, 0.29) is 22.8 Å². The molecule has 0 radical (unpaired) electrons. The lowest BCUT2D eigenvalue weighted by Crippen LogP contribution is -2.53. The lowest BCUT2D eigenvalue weighted by atomic mass is 9.81. The van der Waals surface area contributed by atoms with E-state index in [1.165, 1.54) is 0 Å². The Bertz CT molecular complexity index is 900. The minimum absolute atomic E-state index is 0.0795. The number of fused-ring (bicyclic) bond motifs is 1. The highest BCUT2D eigenvalue weighted by molar-refractivity contribution is 6.74. The molecule has 32 heavy (non-hydrogen) atoms. The average molecular weight is 459 g/mol. The standard InChI is InChI=1S/C25H38N2O4Si/c1-23(2,3)30-22(28)27-14-12-25(13-15-27)17-21(31-32(8,9)24(4,5)6)19-16-18(26-7)10-11-20(19)29-25/h10-11,16,21H,12-15,17H2,1-6,8-9H3. The fourth-order valence-corrected chi connectivity index (χ4v) is 5.31. The first kappa shape index (κ1) is 24.6. The first-order chi connectivity index (χ1) is 14.6. The Balaban J connectivity index is 1.84. The fraction of sp³-hybridized carbons (Fsp3) is 0.680. The SMILES string of the molecule is [C-]#[N+]c1ccc2c(c1)C(O[Si](C)(C)C(C)(C)C)CC1(CCN(C(=O)OC(C)(C)C)CC1)O2. The number of rotatable bonds is 2. The van der Waals surface area contributed by atoms with Crippen LogP contribution in [0.15, 0.2) is 18.2 Å². The maximum absolute atomic E-state index is 12.5. The number of benzene rings is 1. The molecule has 2 aliphatic rings. The molecule has 0 saturated carbocycles. The summed E-state index contributed by atoms with van der Waals surface area (Å²) >= 11 is 0. The van der Waals surface area contributed by atoms with Crippen LogP contribution in [0.25, 0.3) is 4.85 Å². The van der Waals surface area contributed by atoms with Gasteiger partial charge < -0.3 is 18.8 Å². The van der Waals surface area contributed by atoms with Gasteiger partial charge in [0.2, 0.25) is 0 Å². The van der Waals surface area contributed by atoms with Crippen molar-refractivity contribution in [1.29, 1.82) is 0 Å². The van der Waals surface area contributed by atoms with Gasteiger partial charge in [-0.1, -0.05) is 26.8 Å². The minimum atomic E-state index is -2.04. The number of carbonyl (C=O) groups is 1. The average Bonchev–Trinajstić information content (AvgIpc) is 2.65. The van der Waals surface area contributed by atoms with Gasteiger partial charge in [-0.2, -0.15) is 0 Å². The Hall–Kier alpha value is -2.04. The fourth-order valence-electron chi connectivity index (χ4n) is 4.04. The van der Waals surface area contributed by atoms with Crippen LogP contribution < -0.4 is 4.74 Å². The molecule has 1 aromatic carbocycles. The van der Waals surface area contributed by atoms with Crippen LogP contribution >= 0.6 is 0 Å². The van der Waals surface area contributed by atoms with Crippen LogP contribution in [-0.4, -0.2) is 43.6 Å². The summed E-state index contributed by atoms with van der Waals surface area (Å²) in [5, 5.41) is 0.0795. The highest BCUT2D eigenvalue weighted by Gasteiger charge is 2.48. The van der Waals surface area contributed by atoms with E-state index in [1.807, 2.05) is 39.0 Å². The topological polar surface area (TPSA) is 52.4 Å². The van der Waals surface area contributed by atoms with Crippen molar-refractivity contribution in [3.63, 3.8) is 0 Å². The van der Waals surface area contributed by atoms with E-state index >= 15 is 0 Å². The van der Waals surface area contributed by atoms with Crippen LogP contribution in [0.3, 0.4) is 0 Å². The molecule has 6 nitrogen and oxygen atoms in total. The van der Waals surface area contributed by atoms with Crippen molar-refractivity contribution in [2.45, 2.75) is 96.2 Å². The lowest BCUT2D eigenvalue weighted by Gasteiger charge is -2.49. The summed E-state index contributed by atoms with van der Waals surface area (Å²) in [6.07, 6.45) is 1.81. The number of hydrogen-bond acceptors (Lipinski definition) is 4. The van der Waals surface area contributed by atoms with Gasteiger partial charge in [-0.15, -0.1) is 0 Å². The third-order valence-electron chi connectivity index (χ3n) is 6.92. The monoisotopic (exact) mass is 458 g/mol. The zero-order valence-corrected chi connectivity index (χ0v) is 21.9. The second kappa shape index (κ2) is 8.38. The van der Waals surface area contributed by atoms with E-state index in [9.17, 15) is 4.79 Å². The summed E-state index contributed by atoms with van der Waals surface area (Å²) in [5.74, 6) is 0.804. The Morgan fingerprint density at radius 2 is 1.81 bits per heavy atom. The molecule has 176 valence electrons. The summed E-state index contributed by atoms with van der Waals surface area (Å²) in [6.45, 7) is 25.5. The normalized spacial score (nSPS) is 20.8. The number of likely N-dealkylation sites (tertiary alicyclic amines) is 1. The highest BCUT2D eigenvalue weighted by Crippen LogP contribution is 2.50. The predicted octanol–water partition coefficient (Wildman–Crippen LogP) is 6.85. The van der Waals surface area contributed by atoms with Crippen LogP contribution in [0.2, 0.25) is 18.1 Å². The molecule has 3 rings (SSSR count). The van der Waals surface area contributed by atoms with E-state index < -0.39 is 13.9 Å². The molecule has 1 atom stereocenters. The number of carbonyl (C=O) groups excluding carboxylic acids is 1. The van der Waals surface area contributed by atoms with Gasteiger partial charge in [0.1, 0.15) is 17.0 Å². The van der Waals surface area contributed by atoms with E-state index in [0.717, 1.165) is 30.6 Å². The summed E-state index contributed by atoms with van der Waals surface area (Å²) in [6, 6.07) is 5.64. The third-order valence-corrected chi connectivity index (χ3v) is 11.4. The van der Waals surface area contributed by atoms with Gasteiger partial charge in [0.05, 0.1) is 12.7 Å². The van der Waals surface area contributed by atoms with Gasteiger partial charge in [0.15, 0.2) is 14.0 Å². The van der Waals surface area contributed by atoms with Crippen LogP contribution in [0.4, 0.5) is 10.5 Å². The molecule has 1 amide bonds. The van der Waals surface area contributed by atoms with Crippen molar-refractivity contribution in [2.75, 3.05) is 13.1 Å². The molecule has 1 fully saturated rings. The molecule has 0 bridgehead atoms. The third kappa shape index (κ3) is 5.29. The quantitative estimate of drug-likeness (QED) is 0.359. The molecule has 1 saturated heterocycles. The summed E-state index contributed by atoms with van der Waals surface area (Å²) < 4.78 is 19.0. The second-order valence-electron chi connectivity index (χ2n) is 11.7. The van der Waals surface area contributed by atoms with Crippen LogP contribution in [-0.2, 0) is 9.16 Å². The zero-order valence-electron chi connectivity index (χ0n) is 20.9. The number of ether oxygens (including phenoxy) is 2. The second-order valence-corrected chi connectivity index (χ2v) is 16.4. The van der Waals surface area contributed by atoms with Crippen LogP contribution in [0, 0.1) is 6.57 Å². The highest BCUT2D eigenvalue weighted by atomic mass is 28.4. The Morgan fingerprint density at radius 1 is 1.19 bits per heavy atom. The minimum Gasteiger partial charge on any atom is -0.487 e. The first-order valence-electron chi connectivity index (χ1n) is 11.5. The smallest absolute Gasteiger partial charge is 0.410 e. The van der Waals surface area contributed by atoms with Gasteiger partial charge in [-0.3, -0.25) is 0 Å². The van der Waals surface area contributed by atoms with E-state index in [0.29, 0.717) is 18.8 Å². The van der Waals surface area contributed by atoms with Gasteiger partial charge in [0.25, 0.3) is 0 Å². The molecule has 0 aromatic heterocycles. The van der Waals surface area contributed by atoms with Crippen molar-refractivity contribution in [3.05, 3.63) is 35.2 Å². The molecule has 1 spiro atoms. The molecule has 2 aliphatic heterocycles. The van der Waals surface area contributed by atoms with Gasteiger partial charge >= 0.3 is 6.09 Å². The van der Waals surface area contributed by atoms with Crippen molar-refractivity contribution >= 4 is 20.1 Å². The Kier molecular flexibility index (Phi) is 6.44. The van der Waals surface area contributed by atoms with E-state index in [4.69, 9.17) is 20.5 Å². The van der Waals surface area contributed by atoms with Crippen molar-refractivity contribution in [1.82, 2.24) is 4.90 Å².